The molecule has 0 nitrogen and oxygen atoms in total. The first kappa shape index (κ1) is 22.5. The number of hydrogen-bond acceptors (Lipinski definition) is 0. The van der Waals surface area contributed by atoms with Gasteiger partial charge in [0, 0.05) is 0 Å². The van der Waals surface area contributed by atoms with E-state index in [1.165, 1.54) is 12.8 Å². The van der Waals surface area contributed by atoms with Crippen molar-refractivity contribution in [1.29, 1.82) is 0 Å². The summed E-state index contributed by atoms with van der Waals surface area (Å²) in [5.41, 5.74) is 0. The van der Waals surface area contributed by atoms with Gasteiger partial charge in [0.2, 0.25) is 0 Å². The second-order valence-electron chi connectivity index (χ2n) is 1.29. The third-order valence-electron chi connectivity index (χ3n) is 0.638. The molecule has 0 amide bonds. The van der Waals surface area contributed by atoms with Crippen LogP contribution in [0, 0.1) is 0 Å². The summed E-state index contributed by atoms with van der Waals surface area (Å²) >= 11 is 0. The van der Waals surface area contributed by atoms with E-state index in [0.29, 0.717) is 0 Å². The van der Waals surface area contributed by atoms with Crippen LogP contribution in [0.4, 0.5) is 0 Å². The zero-order valence-corrected chi connectivity index (χ0v) is 8.96. The Balaban J connectivity index is -0.0000000417. The van der Waals surface area contributed by atoms with E-state index in [0.717, 1.165) is 0 Å². The Hall–Kier alpha value is 1.09. The molecule has 0 aliphatic heterocycles. The van der Waals surface area contributed by atoms with Gasteiger partial charge in [-0.3, -0.25) is 0 Å². The summed E-state index contributed by atoms with van der Waals surface area (Å²) in [5.74, 6) is 0. The van der Waals surface area contributed by atoms with Crippen molar-refractivity contribution in [1.82, 2.24) is 0 Å². The molecular weight excluding hydrogens is 167 g/mol. The summed E-state index contributed by atoms with van der Waals surface area (Å²) in [6.07, 6.45) is 6.71. The number of allylic oxidation sites excluding steroid dienone is 2. The van der Waals surface area contributed by atoms with Crippen molar-refractivity contribution in [3.63, 3.8) is 0 Å². The maximum atomic E-state index is 2.18. The average molecular weight is 179 g/mol. The van der Waals surface area contributed by atoms with Crippen molar-refractivity contribution in [3.8, 4) is 0 Å². The molecule has 9 heavy (non-hydrogen) atoms. The largest absolute Gasteiger partial charge is 2.00 e. The Bertz CT molecular complexity index is 40.3. The maximum Gasteiger partial charge on any atom is 2.00 e. The summed E-state index contributed by atoms with van der Waals surface area (Å²) in [7, 11) is 0. The molecule has 0 saturated carbocycles. The maximum absolute atomic E-state index is 2.18. The van der Waals surface area contributed by atoms with Crippen molar-refractivity contribution in [2.24, 2.45) is 0 Å². The molecule has 0 aliphatic carbocycles. The Kier molecular flexibility index (Phi) is 57.4. The van der Waals surface area contributed by atoms with Gasteiger partial charge in [-0.1, -0.05) is 26.0 Å². The van der Waals surface area contributed by atoms with E-state index in [1.54, 1.807) is 0 Å². The molecule has 0 fully saturated rings. The molecule has 52 valence electrons. The second kappa shape index (κ2) is 23.0. The fourth-order valence-corrected chi connectivity index (χ4v) is 0.333. The Morgan fingerprint density at radius 3 is 1.22 bits per heavy atom. The van der Waals surface area contributed by atoms with Crippen LogP contribution in [0.2, 0.25) is 0 Å². The van der Waals surface area contributed by atoms with Crippen LogP contribution in [-0.2, 0) is 0 Å². The van der Waals surface area contributed by atoms with E-state index in [4.69, 9.17) is 0 Å². The van der Waals surface area contributed by atoms with E-state index >= 15 is 0 Å². The van der Waals surface area contributed by atoms with Crippen LogP contribution in [0.5, 0.6) is 0 Å². The average Bonchev–Trinajstić information content (AvgIpc) is 1.61. The summed E-state index contributed by atoms with van der Waals surface area (Å²) in [6, 6.07) is 0. The van der Waals surface area contributed by atoms with E-state index in [1.807, 2.05) is 0 Å². The monoisotopic (exact) mass is 178 g/mol. The Labute approximate surface area is 86.5 Å². The topological polar surface area (TPSA) is 0 Å². The number of rotatable bonds is 2. The van der Waals surface area contributed by atoms with E-state index in [-0.39, 0.29) is 47.9 Å². The number of hydrogen-bond donors (Lipinski definition) is 0. The van der Waals surface area contributed by atoms with Crippen LogP contribution in [-0.4, -0.2) is 23.1 Å². The molecule has 0 rings (SSSR count). The molecule has 0 aromatic rings. The smallest absolute Gasteiger partial charge is 1.00 e. The van der Waals surface area contributed by atoms with Crippen LogP contribution in [0.3, 0.4) is 0 Å². The molecule has 0 aromatic carbocycles. The summed E-state index contributed by atoms with van der Waals surface area (Å²) in [4.78, 5) is 0. The van der Waals surface area contributed by atoms with Crippen LogP contribution < -0.4 is 24.8 Å². The quantitative estimate of drug-likeness (QED) is 0.299. The molecule has 3 heteroatoms. The molecule has 0 atom stereocenters. The normalized spacial score (nSPS) is 6.89. The standard InChI is InChI=1S/C6H12.2ClH.Mg/c1-3-5-6-4-2;;;/h5-6H,3-4H2,1-2H3;2*1H;/q;;;+2/p-2. The first-order chi connectivity index (χ1) is 2.91. The van der Waals surface area contributed by atoms with Gasteiger partial charge >= 0.3 is 23.1 Å². The molecule has 0 radical (unpaired) electrons. The first-order valence-corrected chi connectivity index (χ1v) is 2.56. The molecule has 0 aliphatic rings. The predicted molar refractivity (Wildman–Crippen MR) is 35.5 cm³/mol. The van der Waals surface area contributed by atoms with E-state index in [2.05, 4.69) is 26.0 Å². The van der Waals surface area contributed by atoms with Crippen LogP contribution in [0.15, 0.2) is 12.2 Å². The fraction of sp³-hybridized carbons (Fsp3) is 0.667. The van der Waals surface area contributed by atoms with Gasteiger partial charge in [-0.05, 0) is 12.8 Å². The third-order valence-corrected chi connectivity index (χ3v) is 0.638. The van der Waals surface area contributed by atoms with Gasteiger partial charge in [-0.15, -0.1) is 0 Å². The van der Waals surface area contributed by atoms with Crippen molar-refractivity contribution in [3.05, 3.63) is 12.2 Å². The van der Waals surface area contributed by atoms with Crippen molar-refractivity contribution < 1.29 is 24.8 Å². The number of halogens is 2. The van der Waals surface area contributed by atoms with E-state index in [9.17, 15) is 0 Å². The molecular formula is C6H12Cl2Mg. The molecule has 0 aromatic heterocycles. The van der Waals surface area contributed by atoms with Crippen LogP contribution >= 0.6 is 0 Å². The zero-order valence-electron chi connectivity index (χ0n) is 6.03. The minimum atomic E-state index is 0. The van der Waals surface area contributed by atoms with Gasteiger partial charge in [0.05, 0.1) is 0 Å². The van der Waals surface area contributed by atoms with Gasteiger partial charge in [-0.2, -0.15) is 0 Å². The predicted octanol–water partition coefficient (Wildman–Crippen LogP) is -4.01. The van der Waals surface area contributed by atoms with Gasteiger partial charge in [0.15, 0.2) is 0 Å². The van der Waals surface area contributed by atoms with E-state index < -0.39 is 0 Å². The van der Waals surface area contributed by atoms with Gasteiger partial charge in [0.25, 0.3) is 0 Å². The Morgan fingerprint density at radius 2 is 1.11 bits per heavy atom. The SMILES string of the molecule is CCC=CCC.[Cl-].[Cl-].[Mg+2]. The summed E-state index contributed by atoms with van der Waals surface area (Å²) < 4.78 is 0. The third kappa shape index (κ3) is 27.3. The fourth-order valence-electron chi connectivity index (χ4n) is 0.333. The summed E-state index contributed by atoms with van der Waals surface area (Å²) in [5, 5.41) is 0. The second-order valence-corrected chi connectivity index (χ2v) is 1.29. The van der Waals surface area contributed by atoms with Crippen LogP contribution in [0.25, 0.3) is 0 Å². The molecule has 0 unspecified atom stereocenters. The molecule has 0 bridgehead atoms. The first-order valence-electron chi connectivity index (χ1n) is 2.56. The van der Waals surface area contributed by atoms with Crippen LogP contribution in [0.1, 0.15) is 26.7 Å². The minimum absolute atomic E-state index is 0. The summed E-state index contributed by atoms with van der Waals surface area (Å²) in [6.45, 7) is 4.29. The minimum Gasteiger partial charge on any atom is -1.00 e. The van der Waals surface area contributed by atoms with Crippen molar-refractivity contribution >= 4 is 23.1 Å². The van der Waals surface area contributed by atoms with Gasteiger partial charge in [0.1, 0.15) is 0 Å². The van der Waals surface area contributed by atoms with Crippen molar-refractivity contribution in [2.75, 3.05) is 0 Å². The Morgan fingerprint density at radius 1 is 0.889 bits per heavy atom. The van der Waals surface area contributed by atoms with Crippen molar-refractivity contribution in [2.45, 2.75) is 26.7 Å². The molecule has 0 N–H and O–H groups in total. The van der Waals surface area contributed by atoms with Gasteiger partial charge < -0.3 is 24.8 Å². The molecule has 0 spiro atoms. The molecule has 0 saturated heterocycles. The molecule has 0 heterocycles. The zero-order chi connectivity index (χ0) is 4.83. The van der Waals surface area contributed by atoms with Gasteiger partial charge in [-0.25, -0.2) is 0 Å².